The molecule has 1 aliphatic rings. The molecule has 0 saturated carbocycles. The zero-order chi connectivity index (χ0) is 11.9. The number of nitrogens with one attached hydrogen (secondary N) is 1. The Morgan fingerprint density at radius 1 is 1.41 bits per heavy atom. The molecule has 17 heavy (non-hydrogen) atoms. The van der Waals surface area contributed by atoms with E-state index in [1.165, 1.54) is 16.5 Å². The highest BCUT2D eigenvalue weighted by atomic mass is 16.3. The van der Waals surface area contributed by atoms with Crippen LogP contribution in [0.15, 0.2) is 30.5 Å². The summed E-state index contributed by atoms with van der Waals surface area (Å²) in [6, 6.07) is 8.45. The van der Waals surface area contributed by atoms with Gasteiger partial charge < -0.3 is 15.0 Å². The maximum atomic E-state index is 10.4. The van der Waals surface area contributed by atoms with Crippen LogP contribution >= 0.6 is 0 Å². The van der Waals surface area contributed by atoms with Crippen LogP contribution in [0.5, 0.6) is 0 Å². The van der Waals surface area contributed by atoms with E-state index < -0.39 is 5.60 Å². The highest BCUT2D eigenvalue weighted by Crippen LogP contribution is 2.26. The van der Waals surface area contributed by atoms with Gasteiger partial charge in [-0.3, -0.25) is 0 Å². The molecule has 2 aromatic rings. The molecule has 0 spiro atoms. The van der Waals surface area contributed by atoms with E-state index in [1.807, 2.05) is 0 Å². The second-order valence-electron chi connectivity index (χ2n) is 5.10. The van der Waals surface area contributed by atoms with E-state index >= 15 is 0 Å². The predicted octanol–water partition coefficient (Wildman–Crippen LogP) is 1.45. The van der Waals surface area contributed by atoms with Crippen LogP contribution in [-0.2, 0) is 13.5 Å². The molecule has 1 aliphatic heterocycles. The van der Waals surface area contributed by atoms with E-state index in [4.69, 9.17) is 0 Å². The van der Waals surface area contributed by atoms with Gasteiger partial charge in [-0.15, -0.1) is 0 Å². The SMILES string of the molecule is Cn1ccc2c(CC3(O)CCNC3)cccc21. The molecule has 1 saturated heterocycles. The van der Waals surface area contributed by atoms with Gasteiger partial charge in [-0.05, 0) is 30.7 Å². The number of rotatable bonds is 2. The van der Waals surface area contributed by atoms with Gasteiger partial charge in [-0.2, -0.15) is 0 Å². The summed E-state index contributed by atoms with van der Waals surface area (Å²) in [6.45, 7) is 1.62. The molecule has 0 amide bonds. The Balaban J connectivity index is 2.00. The van der Waals surface area contributed by atoms with Gasteiger partial charge in [0.25, 0.3) is 0 Å². The zero-order valence-electron chi connectivity index (χ0n) is 10.1. The third-order valence-electron chi connectivity index (χ3n) is 3.76. The van der Waals surface area contributed by atoms with Crippen molar-refractivity contribution < 1.29 is 5.11 Å². The van der Waals surface area contributed by atoms with Gasteiger partial charge in [0.1, 0.15) is 0 Å². The summed E-state index contributed by atoms with van der Waals surface area (Å²) in [5, 5.41) is 14.9. The molecule has 1 aromatic heterocycles. The van der Waals surface area contributed by atoms with Crippen molar-refractivity contribution in [3.63, 3.8) is 0 Å². The third-order valence-corrected chi connectivity index (χ3v) is 3.76. The molecule has 90 valence electrons. The smallest absolute Gasteiger partial charge is 0.0823 e. The topological polar surface area (TPSA) is 37.2 Å². The van der Waals surface area contributed by atoms with Crippen LogP contribution in [0.2, 0.25) is 0 Å². The molecule has 3 rings (SSSR count). The van der Waals surface area contributed by atoms with Crippen LogP contribution in [0.1, 0.15) is 12.0 Å². The van der Waals surface area contributed by atoms with Crippen LogP contribution in [-0.4, -0.2) is 28.4 Å². The maximum Gasteiger partial charge on any atom is 0.0823 e. The van der Waals surface area contributed by atoms with Crippen molar-refractivity contribution in [3.05, 3.63) is 36.0 Å². The van der Waals surface area contributed by atoms with Gasteiger partial charge in [0.15, 0.2) is 0 Å². The minimum absolute atomic E-state index is 0.565. The predicted molar refractivity (Wildman–Crippen MR) is 69.1 cm³/mol. The zero-order valence-corrected chi connectivity index (χ0v) is 10.1. The number of fused-ring (bicyclic) bond motifs is 1. The molecule has 2 heterocycles. The van der Waals surface area contributed by atoms with Gasteiger partial charge in [-0.25, -0.2) is 0 Å². The molecular weight excluding hydrogens is 212 g/mol. The number of hydrogen-bond donors (Lipinski definition) is 2. The van der Waals surface area contributed by atoms with Gasteiger partial charge >= 0.3 is 0 Å². The molecule has 1 fully saturated rings. The van der Waals surface area contributed by atoms with Crippen LogP contribution in [0.25, 0.3) is 10.9 Å². The summed E-state index contributed by atoms with van der Waals surface area (Å²) in [4.78, 5) is 0. The van der Waals surface area contributed by atoms with Crippen molar-refractivity contribution in [2.75, 3.05) is 13.1 Å². The number of nitrogens with zero attached hydrogens (tertiary/aromatic N) is 1. The van der Waals surface area contributed by atoms with E-state index in [9.17, 15) is 5.11 Å². The number of aromatic nitrogens is 1. The Morgan fingerprint density at radius 3 is 3.06 bits per heavy atom. The standard InChI is InChI=1S/C14H18N2O/c1-16-8-5-12-11(3-2-4-13(12)16)9-14(17)6-7-15-10-14/h2-5,8,15,17H,6-7,9-10H2,1H3. The van der Waals surface area contributed by atoms with E-state index in [1.54, 1.807) is 0 Å². The fraction of sp³-hybridized carbons (Fsp3) is 0.429. The van der Waals surface area contributed by atoms with Gasteiger partial charge in [-0.1, -0.05) is 12.1 Å². The van der Waals surface area contributed by atoms with Crippen molar-refractivity contribution in [1.82, 2.24) is 9.88 Å². The summed E-state index contributed by atoms with van der Waals surface area (Å²) >= 11 is 0. The number of hydrogen-bond acceptors (Lipinski definition) is 2. The first kappa shape index (κ1) is 10.8. The van der Waals surface area contributed by atoms with Crippen molar-refractivity contribution >= 4 is 10.9 Å². The van der Waals surface area contributed by atoms with Gasteiger partial charge in [0, 0.05) is 37.1 Å². The maximum absolute atomic E-state index is 10.4. The van der Waals surface area contributed by atoms with Gasteiger partial charge in [0.2, 0.25) is 0 Å². The van der Waals surface area contributed by atoms with Crippen molar-refractivity contribution in [3.8, 4) is 0 Å². The molecule has 3 heteroatoms. The minimum atomic E-state index is -0.565. The summed E-state index contributed by atoms with van der Waals surface area (Å²) in [5.74, 6) is 0. The molecular formula is C14H18N2O. The van der Waals surface area contributed by atoms with E-state index in [0.29, 0.717) is 6.54 Å². The highest BCUT2D eigenvalue weighted by Gasteiger charge is 2.31. The molecule has 1 aromatic carbocycles. The second-order valence-corrected chi connectivity index (χ2v) is 5.10. The number of aliphatic hydroxyl groups is 1. The summed E-state index contributed by atoms with van der Waals surface area (Å²) in [6.07, 6.45) is 3.66. The monoisotopic (exact) mass is 230 g/mol. The van der Waals surface area contributed by atoms with Crippen LogP contribution in [0.4, 0.5) is 0 Å². The normalized spacial score (nSPS) is 24.6. The first-order valence-electron chi connectivity index (χ1n) is 6.14. The van der Waals surface area contributed by atoms with Gasteiger partial charge in [0.05, 0.1) is 5.60 Å². The van der Waals surface area contributed by atoms with Crippen molar-refractivity contribution in [1.29, 1.82) is 0 Å². The van der Waals surface area contributed by atoms with Crippen LogP contribution < -0.4 is 5.32 Å². The van der Waals surface area contributed by atoms with E-state index in [0.717, 1.165) is 19.4 Å². The molecule has 1 atom stereocenters. The molecule has 0 aliphatic carbocycles. The Kier molecular flexibility index (Phi) is 2.45. The highest BCUT2D eigenvalue weighted by molar-refractivity contribution is 5.83. The number of aryl methyl sites for hydroxylation is 1. The first-order valence-corrected chi connectivity index (χ1v) is 6.14. The molecule has 0 radical (unpaired) electrons. The lowest BCUT2D eigenvalue weighted by molar-refractivity contribution is 0.0622. The minimum Gasteiger partial charge on any atom is -0.388 e. The molecule has 3 nitrogen and oxygen atoms in total. The number of β-amino-alcohol motifs (C(OH)–C–C–N with tert-alkyl or cyclic N) is 1. The Morgan fingerprint density at radius 2 is 2.29 bits per heavy atom. The second kappa shape index (κ2) is 3.86. The van der Waals surface area contributed by atoms with E-state index in [2.05, 4.69) is 47.4 Å². The first-order chi connectivity index (χ1) is 8.18. The average Bonchev–Trinajstić information content (AvgIpc) is 2.88. The quantitative estimate of drug-likeness (QED) is 0.819. The Hall–Kier alpha value is -1.32. The lowest BCUT2D eigenvalue weighted by Crippen LogP contribution is -2.33. The fourth-order valence-electron chi connectivity index (χ4n) is 2.76. The average molecular weight is 230 g/mol. The molecule has 2 N–H and O–H groups in total. The van der Waals surface area contributed by atoms with Crippen LogP contribution in [0, 0.1) is 0 Å². The molecule has 0 bridgehead atoms. The lowest BCUT2D eigenvalue weighted by Gasteiger charge is -2.21. The largest absolute Gasteiger partial charge is 0.388 e. The van der Waals surface area contributed by atoms with Crippen LogP contribution in [0.3, 0.4) is 0 Å². The van der Waals surface area contributed by atoms with Crippen molar-refractivity contribution in [2.24, 2.45) is 7.05 Å². The summed E-state index contributed by atoms with van der Waals surface area (Å²) in [7, 11) is 2.05. The molecule has 1 unspecified atom stereocenters. The third kappa shape index (κ3) is 1.85. The summed E-state index contributed by atoms with van der Waals surface area (Å²) in [5.41, 5.74) is 1.91. The summed E-state index contributed by atoms with van der Waals surface area (Å²) < 4.78 is 2.12. The number of benzene rings is 1. The lowest BCUT2D eigenvalue weighted by atomic mass is 9.92. The van der Waals surface area contributed by atoms with E-state index in [-0.39, 0.29) is 0 Å². The van der Waals surface area contributed by atoms with Crippen molar-refractivity contribution in [2.45, 2.75) is 18.4 Å². The fourth-order valence-corrected chi connectivity index (χ4v) is 2.76. The Labute approximate surface area is 101 Å². The Bertz CT molecular complexity index is 538.